The number of carbonyl (C=O) groups excluding carboxylic acids is 2. The van der Waals surface area contributed by atoms with Crippen LogP contribution in [0, 0.1) is 0 Å². The molecule has 2 atom stereocenters. The predicted octanol–water partition coefficient (Wildman–Crippen LogP) is -0.692. The molecule has 14 nitrogen and oxygen atoms in total. The highest BCUT2D eigenvalue weighted by Gasteiger charge is 2.25. The smallest absolute Gasteiger partial charge is 0.326 e. The van der Waals surface area contributed by atoms with Crippen molar-refractivity contribution in [2.24, 2.45) is 0 Å². The molecule has 0 aliphatic carbocycles. The van der Waals surface area contributed by atoms with E-state index in [4.69, 9.17) is 20.4 Å². The van der Waals surface area contributed by atoms with Crippen LogP contribution in [0.3, 0.4) is 0 Å². The normalized spacial score (nSPS) is 11.7. The predicted molar refractivity (Wildman–Crippen MR) is 101 cm³/mol. The van der Waals surface area contributed by atoms with E-state index in [0.717, 1.165) is 6.07 Å². The molecule has 0 fully saturated rings. The van der Waals surface area contributed by atoms with Gasteiger partial charge in [0.2, 0.25) is 0 Å². The number of aromatic amines is 1. The molecule has 1 heterocycles. The molecule has 1 aromatic heterocycles. The maximum atomic E-state index is 12.1. The van der Waals surface area contributed by atoms with Crippen molar-refractivity contribution in [2.45, 2.75) is 37.8 Å². The van der Waals surface area contributed by atoms with E-state index >= 15 is 0 Å². The zero-order valence-electron chi connectivity index (χ0n) is 16.2. The number of rotatable bonds is 12. The average Bonchev–Trinajstić information content (AvgIpc) is 3.19. The van der Waals surface area contributed by atoms with Crippen molar-refractivity contribution in [3.63, 3.8) is 0 Å². The van der Waals surface area contributed by atoms with Crippen molar-refractivity contribution in [1.82, 2.24) is 20.8 Å². The summed E-state index contributed by atoms with van der Waals surface area (Å²) >= 11 is 0. The third kappa shape index (κ3) is 9.69. The summed E-state index contributed by atoms with van der Waals surface area (Å²) in [5.74, 6) is -7.40. The summed E-state index contributed by atoms with van der Waals surface area (Å²) in [7, 11) is 0. The molecule has 170 valence electrons. The second-order valence-electron chi connectivity index (χ2n) is 5.76. The Morgan fingerprint density at radius 1 is 0.839 bits per heavy atom. The second kappa shape index (κ2) is 13.1. The van der Waals surface area contributed by atoms with Gasteiger partial charge in [-0.2, -0.15) is 5.10 Å². The first-order chi connectivity index (χ1) is 14.5. The van der Waals surface area contributed by atoms with Gasteiger partial charge in [-0.25, -0.2) is 9.59 Å². The van der Waals surface area contributed by atoms with E-state index in [1.807, 2.05) is 0 Å². The topological polar surface area (TPSA) is 236 Å². The van der Waals surface area contributed by atoms with Crippen molar-refractivity contribution >= 4 is 35.7 Å². The van der Waals surface area contributed by atoms with Crippen LogP contribution in [0.25, 0.3) is 0 Å². The molecule has 0 aliphatic rings. The van der Waals surface area contributed by atoms with E-state index in [1.165, 1.54) is 0 Å². The molecule has 1 aromatic rings. The number of aliphatic carboxylic acids is 4. The lowest BCUT2D eigenvalue weighted by molar-refractivity contribution is -0.142. The number of H-pyrrole nitrogens is 1. The van der Waals surface area contributed by atoms with Gasteiger partial charge in [-0.15, -0.1) is 13.2 Å². The molecule has 2 amide bonds. The minimum Gasteiger partial charge on any atom is -0.481 e. The maximum Gasteiger partial charge on any atom is 0.326 e. The van der Waals surface area contributed by atoms with Crippen LogP contribution in [0.2, 0.25) is 0 Å². The van der Waals surface area contributed by atoms with Crippen LogP contribution in [0.15, 0.2) is 19.2 Å². The molecule has 0 aliphatic heterocycles. The van der Waals surface area contributed by atoms with E-state index < -0.39 is 66.3 Å². The summed E-state index contributed by atoms with van der Waals surface area (Å²) in [6.45, 7) is 6.00. The van der Waals surface area contributed by atoms with Crippen LogP contribution in [0.5, 0.6) is 0 Å². The summed E-state index contributed by atoms with van der Waals surface area (Å²) in [6, 6.07) is -2.07. The van der Waals surface area contributed by atoms with Crippen molar-refractivity contribution in [3.05, 3.63) is 30.6 Å². The number of carboxylic acids is 4. The van der Waals surface area contributed by atoms with Crippen LogP contribution < -0.4 is 10.6 Å². The van der Waals surface area contributed by atoms with Crippen molar-refractivity contribution in [1.29, 1.82) is 0 Å². The monoisotopic (exact) mass is 442 g/mol. The van der Waals surface area contributed by atoms with Crippen molar-refractivity contribution < 1.29 is 49.2 Å². The van der Waals surface area contributed by atoms with E-state index in [2.05, 4.69) is 34.0 Å². The largest absolute Gasteiger partial charge is 0.481 e. The number of amides is 2. The second-order valence-corrected chi connectivity index (χ2v) is 5.76. The van der Waals surface area contributed by atoms with Gasteiger partial charge in [-0.3, -0.25) is 24.3 Å². The number of carbonyl (C=O) groups is 6. The molecule has 0 aromatic carbocycles. The minimum atomic E-state index is -1.50. The van der Waals surface area contributed by atoms with Gasteiger partial charge in [0.25, 0.3) is 11.8 Å². The lowest BCUT2D eigenvalue weighted by atomic mass is 10.1. The van der Waals surface area contributed by atoms with E-state index in [9.17, 15) is 28.8 Å². The van der Waals surface area contributed by atoms with Crippen LogP contribution in [-0.2, 0) is 19.2 Å². The van der Waals surface area contributed by atoms with Crippen molar-refractivity contribution in [3.8, 4) is 0 Å². The summed E-state index contributed by atoms with van der Waals surface area (Å²) in [5, 5.41) is 45.1. The maximum absolute atomic E-state index is 12.1. The summed E-state index contributed by atoms with van der Waals surface area (Å²) < 4.78 is 0. The van der Waals surface area contributed by atoms with Gasteiger partial charge in [0.1, 0.15) is 17.8 Å². The summed E-state index contributed by atoms with van der Waals surface area (Å²) in [5.41, 5.74) is -0.719. The number of hydrogen-bond acceptors (Lipinski definition) is 7. The number of nitrogens with one attached hydrogen (secondary N) is 3. The number of hydrogen-bond donors (Lipinski definition) is 7. The molecule has 0 spiro atoms. The molecule has 2 unspecified atom stereocenters. The third-order valence-corrected chi connectivity index (χ3v) is 3.56. The minimum absolute atomic E-state index is 0.325. The lowest BCUT2D eigenvalue weighted by Gasteiger charge is -2.12. The number of nitrogens with zero attached hydrogens (tertiary/aromatic N) is 1. The Bertz CT molecular complexity index is 770. The van der Waals surface area contributed by atoms with Gasteiger partial charge in [-0.1, -0.05) is 0 Å². The highest BCUT2D eigenvalue weighted by atomic mass is 16.4. The highest BCUT2D eigenvalue weighted by Crippen LogP contribution is 2.05. The van der Waals surface area contributed by atoms with Gasteiger partial charge in [-0.05, 0) is 12.8 Å². The van der Waals surface area contributed by atoms with Crippen LogP contribution >= 0.6 is 0 Å². The first-order valence-corrected chi connectivity index (χ1v) is 8.57. The Morgan fingerprint density at radius 3 is 1.65 bits per heavy atom. The summed E-state index contributed by atoms with van der Waals surface area (Å²) in [6.07, 6.45) is -1.75. The van der Waals surface area contributed by atoms with Gasteiger partial charge < -0.3 is 31.1 Å². The molecule has 0 radical (unpaired) electrons. The van der Waals surface area contributed by atoms with Gasteiger partial charge in [0.15, 0.2) is 5.69 Å². The van der Waals surface area contributed by atoms with Crippen LogP contribution in [0.4, 0.5) is 0 Å². The molecule has 31 heavy (non-hydrogen) atoms. The van der Waals surface area contributed by atoms with Crippen LogP contribution in [-0.4, -0.2) is 78.4 Å². The zero-order chi connectivity index (χ0) is 24.1. The fourth-order valence-electron chi connectivity index (χ4n) is 2.07. The Labute approximate surface area is 174 Å². The van der Waals surface area contributed by atoms with E-state index in [0.29, 0.717) is 0 Å². The van der Waals surface area contributed by atoms with Gasteiger partial charge in [0.05, 0.1) is 0 Å². The first kappa shape index (κ1) is 26.8. The lowest BCUT2D eigenvalue weighted by Crippen LogP contribution is -2.41. The van der Waals surface area contributed by atoms with E-state index in [-0.39, 0.29) is 18.5 Å². The molecule has 0 bridgehead atoms. The van der Waals surface area contributed by atoms with Gasteiger partial charge in [0, 0.05) is 18.9 Å². The molecule has 14 heteroatoms. The molecule has 0 saturated heterocycles. The van der Waals surface area contributed by atoms with Crippen LogP contribution in [0.1, 0.15) is 46.7 Å². The third-order valence-electron chi connectivity index (χ3n) is 3.56. The van der Waals surface area contributed by atoms with Crippen molar-refractivity contribution in [2.75, 3.05) is 0 Å². The first-order valence-electron chi connectivity index (χ1n) is 8.57. The Balaban J connectivity index is 0.00000436. The fraction of sp³-hybridized carbons (Fsp3) is 0.353. The molecule has 7 N–H and O–H groups in total. The standard InChI is InChI=1S/C15H18N4O10.C2H4/c20-10(21)3-1-6(14(26)27)16-12(24)8-5-9(19-18-8)13(25)17-7(15(28)29)2-4-11(22)23;1-2/h5-7H,1-4H2,(H,16,24)(H,17,25)(H,18,19)(H,20,21)(H,22,23)(H,26,27)(H,28,29);1-2H2. The molecular weight excluding hydrogens is 420 g/mol. The number of aromatic nitrogens is 2. The fourth-order valence-corrected chi connectivity index (χ4v) is 2.07. The average molecular weight is 442 g/mol. The molecule has 1 rings (SSSR count). The Kier molecular flexibility index (Phi) is 11.3. The van der Waals surface area contributed by atoms with E-state index in [1.54, 1.807) is 0 Å². The highest BCUT2D eigenvalue weighted by molar-refractivity contribution is 5.99. The van der Waals surface area contributed by atoms with Gasteiger partial charge >= 0.3 is 23.9 Å². The molecular formula is C17H22N4O10. The quantitative estimate of drug-likeness (QED) is 0.200. The summed E-state index contributed by atoms with van der Waals surface area (Å²) in [4.78, 5) is 67.4. The Morgan fingerprint density at radius 2 is 1.26 bits per heavy atom. The number of carboxylic acid groups (broad SMARTS) is 4. The Hall–Kier alpha value is -4.23. The molecule has 0 saturated carbocycles. The SMILES string of the molecule is C=C.O=C(O)CCC(NC(=O)c1cc(C(=O)NC(CCC(=O)O)C(=O)O)[nH]n1)C(=O)O. The zero-order valence-corrected chi connectivity index (χ0v) is 16.2.